The van der Waals surface area contributed by atoms with Gasteiger partial charge in [0.1, 0.15) is 16.8 Å². The van der Waals surface area contributed by atoms with Crippen LogP contribution in [0.2, 0.25) is 5.15 Å². The molecule has 2 rings (SSSR count). The van der Waals surface area contributed by atoms with Gasteiger partial charge in [-0.3, -0.25) is 4.72 Å². The SMILES string of the molecule is O=S(=O)(Nc1ccnc(Cl)c1)c1cc(F)cc(F)c1. The van der Waals surface area contributed by atoms with Crippen LogP contribution in [0.4, 0.5) is 14.5 Å². The van der Waals surface area contributed by atoms with Gasteiger partial charge in [-0.1, -0.05) is 11.6 Å². The predicted octanol–water partition coefficient (Wildman–Crippen LogP) is 2.81. The summed E-state index contributed by atoms with van der Waals surface area (Å²) in [6, 6.07) is 4.65. The molecule has 0 unspecified atom stereocenters. The minimum absolute atomic E-state index is 0.0885. The van der Waals surface area contributed by atoms with Gasteiger partial charge in [0.2, 0.25) is 0 Å². The number of hydrogen-bond donors (Lipinski definition) is 1. The smallest absolute Gasteiger partial charge is 0.262 e. The standard InChI is InChI=1S/C11H7ClF2N2O2S/c12-11-6-9(1-2-15-11)16-19(17,18)10-4-7(13)3-8(14)5-10/h1-6H,(H,15,16). The number of halogens is 3. The van der Waals surface area contributed by atoms with Gasteiger partial charge in [-0.05, 0) is 24.3 Å². The number of pyridine rings is 1. The van der Waals surface area contributed by atoms with Gasteiger partial charge in [-0.2, -0.15) is 0 Å². The fourth-order valence-electron chi connectivity index (χ4n) is 1.36. The average Bonchev–Trinajstić information content (AvgIpc) is 2.26. The zero-order chi connectivity index (χ0) is 14.0. The summed E-state index contributed by atoms with van der Waals surface area (Å²) in [4.78, 5) is 3.17. The quantitative estimate of drug-likeness (QED) is 0.887. The maximum absolute atomic E-state index is 13.0. The van der Waals surface area contributed by atoms with Gasteiger partial charge in [0.25, 0.3) is 10.0 Å². The molecule has 0 aliphatic carbocycles. The van der Waals surface area contributed by atoms with Gasteiger partial charge >= 0.3 is 0 Å². The lowest BCUT2D eigenvalue weighted by Gasteiger charge is -2.08. The molecule has 8 heteroatoms. The van der Waals surface area contributed by atoms with E-state index in [0.717, 1.165) is 0 Å². The summed E-state index contributed by atoms with van der Waals surface area (Å²) in [6.07, 6.45) is 1.30. The number of aromatic nitrogens is 1. The second-order valence-corrected chi connectivity index (χ2v) is 5.65. The first-order chi connectivity index (χ1) is 8.87. The number of nitrogens with zero attached hydrogens (tertiary/aromatic N) is 1. The number of anilines is 1. The molecule has 19 heavy (non-hydrogen) atoms. The zero-order valence-corrected chi connectivity index (χ0v) is 10.8. The Labute approximate surface area is 113 Å². The van der Waals surface area contributed by atoms with Crippen molar-refractivity contribution in [1.29, 1.82) is 0 Å². The van der Waals surface area contributed by atoms with Crippen molar-refractivity contribution >= 4 is 27.3 Å². The van der Waals surface area contributed by atoms with Crippen molar-refractivity contribution in [3.63, 3.8) is 0 Å². The second-order valence-electron chi connectivity index (χ2n) is 3.58. The van der Waals surface area contributed by atoms with Crippen molar-refractivity contribution in [3.05, 3.63) is 53.3 Å². The van der Waals surface area contributed by atoms with Crippen molar-refractivity contribution in [1.82, 2.24) is 4.98 Å². The summed E-state index contributed by atoms with van der Waals surface area (Å²) in [5.74, 6) is -1.96. The molecule has 0 aliphatic heterocycles. The molecule has 100 valence electrons. The molecule has 0 saturated heterocycles. The Morgan fingerprint density at radius 3 is 2.32 bits per heavy atom. The molecule has 0 radical (unpaired) electrons. The largest absolute Gasteiger partial charge is 0.279 e. The Hall–Kier alpha value is -1.73. The summed E-state index contributed by atoms with van der Waals surface area (Å²) in [5, 5.41) is 0.0885. The molecular formula is C11H7ClF2N2O2S. The normalized spacial score (nSPS) is 11.3. The molecule has 0 spiro atoms. The summed E-state index contributed by atoms with van der Waals surface area (Å²) in [6.45, 7) is 0. The summed E-state index contributed by atoms with van der Waals surface area (Å²) in [5.41, 5.74) is 0.143. The zero-order valence-electron chi connectivity index (χ0n) is 9.27. The van der Waals surface area contributed by atoms with E-state index in [4.69, 9.17) is 11.6 Å². The van der Waals surface area contributed by atoms with E-state index in [2.05, 4.69) is 9.71 Å². The van der Waals surface area contributed by atoms with Crippen molar-refractivity contribution in [2.45, 2.75) is 4.90 Å². The number of sulfonamides is 1. The van der Waals surface area contributed by atoms with Crippen LogP contribution in [0.15, 0.2) is 41.4 Å². The van der Waals surface area contributed by atoms with Crippen molar-refractivity contribution < 1.29 is 17.2 Å². The molecule has 0 aliphatic rings. The van der Waals surface area contributed by atoms with E-state index in [-0.39, 0.29) is 10.8 Å². The fourth-order valence-corrected chi connectivity index (χ4v) is 2.63. The number of hydrogen-bond acceptors (Lipinski definition) is 3. The van der Waals surface area contributed by atoms with Gasteiger partial charge < -0.3 is 0 Å². The molecule has 0 bridgehead atoms. The predicted molar refractivity (Wildman–Crippen MR) is 66.4 cm³/mol. The van der Waals surface area contributed by atoms with Crippen LogP contribution in [0.5, 0.6) is 0 Å². The molecule has 0 amide bonds. The highest BCUT2D eigenvalue weighted by atomic mass is 35.5. The van der Waals surface area contributed by atoms with Crippen LogP contribution in [0.3, 0.4) is 0 Å². The van der Waals surface area contributed by atoms with Crippen LogP contribution < -0.4 is 4.72 Å². The minimum Gasteiger partial charge on any atom is -0.279 e. The van der Waals surface area contributed by atoms with E-state index >= 15 is 0 Å². The van der Waals surface area contributed by atoms with E-state index in [1.807, 2.05) is 0 Å². The average molecular weight is 305 g/mol. The van der Waals surface area contributed by atoms with Gasteiger partial charge in [0, 0.05) is 12.3 Å². The van der Waals surface area contributed by atoms with Crippen molar-refractivity contribution in [2.75, 3.05) is 4.72 Å². The number of benzene rings is 1. The molecule has 1 aromatic carbocycles. The first-order valence-electron chi connectivity index (χ1n) is 4.97. The third-order valence-corrected chi connectivity index (χ3v) is 3.69. The highest BCUT2D eigenvalue weighted by molar-refractivity contribution is 7.92. The fraction of sp³-hybridized carbons (Fsp3) is 0. The highest BCUT2D eigenvalue weighted by Crippen LogP contribution is 2.19. The van der Waals surface area contributed by atoms with Gasteiger partial charge in [0.15, 0.2) is 0 Å². The first-order valence-corrected chi connectivity index (χ1v) is 6.83. The van der Waals surface area contributed by atoms with Crippen LogP contribution in [0.25, 0.3) is 0 Å². The summed E-state index contributed by atoms with van der Waals surface area (Å²) < 4.78 is 52.0. The van der Waals surface area contributed by atoms with Gasteiger partial charge in [-0.25, -0.2) is 22.2 Å². The number of nitrogens with one attached hydrogen (secondary N) is 1. The van der Waals surface area contributed by atoms with Crippen molar-refractivity contribution in [2.24, 2.45) is 0 Å². The van der Waals surface area contributed by atoms with Crippen LogP contribution >= 0.6 is 11.6 Å². The van der Waals surface area contributed by atoms with Gasteiger partial charge in [-0.15, -0.1) is 0 Å². The maximum Gasteiger partial charge on any atom is 0.262 e. The summed E-state index contributed by atoms with van der Waals surface area (Å²) >= 11 is 5.60. The minimum atomic E-state index is -4.09. The Bertz CT molecular complexity index is 702. The van der Waals surface area contributed by atoms with Crippen LogP contribution in [0.1, 0.15) is 0 Å². The topological polar surface area (TPSA) is 59.1 Å². The molecule has 4 nitrogen and oxygen atoms in total. The first kappa shape index (κ1) is 13.7. The van der Waals surface area contributed by atoms with E-state index in [1.54, 1.807) is 0 Å². The van der Waals surface area contributed by atoms with Crippen LogP contribution in [0, 0.1) is 11.6 Å². The molecule has 0 saturated carbocycles. The molecule has 0 atom stereocenters. The third kappa shape index (κ3) is 3.39. The van der Waals surface area contributed by atoms with Crippen LogP contribution in [-0.2, 0) is 10.0 Å². The van der Waals surface area contributed by atoms with E-state index in [0.29, 0.717) is 18.2 Å². The molecule has 0 fully saturated rings. The third-order valence-electron chi connectivity index (χ3n) is 2.13. The lowest BCUT2D eigenvalue weighted by molar-refractivity contribution is 0.568. The molecule has 1 aromatic heterocycles. The monoisotopic (exact) mass is 304 g/mol. The molecule has 1 N–H and O–H groups in total. The Morgan fingerprint density at radius 2 is 1.74 bits per heavy atom. The van der Waals surface area contributed by atoms with Crippen LogP contribution in [-0.4, -0.2) is 13.4 Å². The maximum atomic E-state index is 13.0. The highest BCUT2D eigenvalue weighted by Gasteiger charge is 2.16. The van der Waals surface area contributed by atoms with Gasteiger partial charge in [0.05, 0.1) is 10.6 Å². The lowest BCUT2D eigenvalue weighted by Crippen LogP contribution is -2.13. The molecule has 2 aromatic rings. The van der Waals surface area contributed by atoms with E-state index in [9.17, 15) is 17.2 Å². The Morgan fingerprint density at radius 1 is 1.11 bits per heavy atom. The molecule has 1 heterocycles. The Balaban J connectivity index is 2.37. The lowest BCUT2D eigenvalue weighted by atomic mass is 10.3. The second kappa shape index (κ2) is 5.10. The summed E-state index contributed by atoms with van der Waals surface area (Å²) in [7, 11) is -4.09. The van der Waals surface area contributed by atoms with Crippen molar-refractivity contribution in [3.8, 4) is 0 Å². The van der Waals surface area contributed by atoms with E-state index in [1.165, 1.54) is 18.3 Å². The Kier molecular flexibility index (Phi) is 3.68. The van der Waals surface area contributed by atoms with E-state index < -0.39 is 26.6 Å². The molecular weight excluding hydrogens is 298 g/mol. The number of rotatable bonds is 3.